The van der Waals surface area contributed by atoms with Gasteiger partial charge in [0.2, 0.25) is 4.96 Å². The Hall–Kier alpha value is -3.46. The number of rotatable bonds is 7. The quantitative estimate of drug-likeness (QED) is 0.441. The summed E-state index contributed by atoms with van der Waals surface area (Å²) in [5.74, 6) is 2.03. The number of carbonyl (C=O) groups is 1. The van der Waals surface area contributed by atoms with Crippen molar-refractivity contribution in [2.75, 3.05) is 19.0 Å². The lowest BCUT2D eigenvalue weighted by Crippen LogP contribution is -2.21. The van der Waals surface area contributed by atoms with Gasteiger partial charge < -0.3 is 14.8 Å². The monoisotopic (exact) mass is 451 g/mol. The summed E-state index contributed by atoms with van der Waals surface area (Å²) >= 11 is 1.43. The van der Waals surface area contributed by atoms with E-state index in [1.165, 1.54) is 11.3 Å². The van der Waals surface area contributed by atoms with Crippen LogP contribution in [0, 0.1) is 13.8 Å². The highest BCUT2D eigenvalue weighted by atomic mass is 32.1. The maximum atomic E-state index is 12.7. The molecule has 0 unspecified atom stereocenters. The predicted molar refractivity (Wildman–Crippen MR) is 125 cm³/mol. The highest BCUT2D eigenvalue weighted by Gasteiger charge is 2.15. The van der Waals surface area contributed by atoms with Crippen LogP contribution in [-0.2, 0) is 4.79 Å². The van der Waals surface area contributed by atoms with Gasteiger partial charge in [-0.3, -0.25) is 4.79 Å². The lowest BCUT2D eigenvalue weighted by molar-refractivity contribution is -0.118. The molecule has 0 saturated carbocycles. The normalized spacial score (nSPS) is 11.2. The van der Waals surface area contributed by atoms with Gasteiger partial charge in [0.05, 0.1) is 12.8 Å². The van der Waals surface area contributed by atoms with Gasteiger partial charge in [-0.15, -0.1) is 10.2 Å². The van der Waals surface area contributed by atoms with Crippen LogP contribution in [0.2, 0.25) is 0 Å². The molecule has 4 aromatic rings. The number of methoxy groups -OCH3 is 1. The molecule has 8 nitrogen and oxygen atoms in total. The van der Waals surface area contributed by atoms with E-state index in [2.05, 4.69) is 34.5 Å². The number of nitrogens with zero attached hydrogens (tertiary/aromatic N) is 4. The Balaban J connectivity index is 1.52. The van der Waals surface area contributed by atoms with Crippen LogP contribution in [0.3, 0.4) is 0 Å². The number of ether oxygens (including phenoxy) is 2. The molecule has 0 radical (unpaired) electrons. The first kappa shape index (κ1) is 21.8. The van der Waals surface area contributed by atoms with Crippen molar-refractivity contribution in [3.05, 3.63) is 53.3 Å². The number of anilines is 1. The first-order chi connectivity index (χ1) is 15.4. The number of amides is 1. The molecule has 0 fully saturated rings. The summed E-state index contributed by atoms with van der Waals surface area (Å²) in [6, 6.07) is 11.6. The Bertz CT molecular complexity index is 1280. The summed E-state index contributed by atoms with van der Waals surface area (Å²) in [6.07, 6.45) is 0. The summed E-state index contributed by atoms with van der Waals surface area (Å²) < 4.78 is 13.0. The molecule has 0 saturated heterocycles. The van der Waals surface area contributed by atoms with Crippen LogP contribution in [0.25, 0.3) is 15.5 Å². The van der Waals surface area contributed by atoms with Crippen molar-refractivity contribution in [3.8, 4) is 22.1 Å². The molecular formula is C23H25N5O3S. The maximum absolute atomic E-state index is 12.7. The van der Waals surface area contributed by atoms with Crippen LogP contribution >= 0.6 is 11.3 Å². The topological polar surface area (TPSA) is 90.6 Å². The number of benzene rings is 2. The zero-order chi connectivity index (χ0) is 22.8. The lowest BCUT2D eigenvalue weighted by Gasteiger charge is -2.15. The van der Waals surface area contributed by atoms with Gasteiger partial charge in [0.15, 0.2) is 12.4 Å². The second-order valence-corrected chi connectivity index (χ2v) is 8.75. The Morgan fingerprint density at radius 3 is 2.66 bits per heavy atom. The van der Waals surface area contributed by atoms with Crippen LogP contribution < -0.4 is 14.8 Å². The number of aryl methyl sites for hydroxylation is 2. The van der Waals surface area contributed by atoms with Crippen LogP contribution in [0.5, 0.6) is 11.5 Å². The van der Waals surface area contributed by atoms with Gasteiger partial charge in [-0.2, -0.15) is 9.61 Å². The fourth-order valence-electron chi connectivity index (χ4n) is 3.34. The van der Waals surface area contributed by atoms with E-state index in [0.717, 1.165) is 33.3 Å². The van der Waals surface area contributed by atoms with Crippen LogP contribution in [0.1, 0.15) is 36.7 Å². The predicted octanol–water partition coefficient (Wildman–Crippen LogP) is 4.62. The van der Waals surface area contributed by atoms with Gasteiger partial charge in [-0.05, 0) is 55.2 Å². The number of fused-ring (bicyclic) bond motifs is 1. The molecule has 32 heavy (non-hydrogen) atoms. The fraction of sp³-hybridized carbons (Fsp3) is 0.304. The molecule has 1 amide bonds. The molecule has 0 atom stereocenters. The third kappa shape index (κ3) is 4.43. The fourth-order valence-corrected chi connectivity index (χ4v) is 4.22. The van der Waals surface area contributed by atoms with Crippen LogP contribution in [0.4, 0.5) is 5.69 Å². The van der Waals surface area contributed by atoms with Crippen LogP contribution in [-0.4, -0.2) is 39.4 Å². The van der Waals surface area contributed by atoms with Gasteiger partial charge in [0, 0.05) is 5.56 Å². The Labute approximate surface area is 190 Å². The molecule has 0 aliphatic heterocycles. The molecule has 0 bridgehead atoms. The van der Waals surface area contributed by atoms with E-state index in [0.29, 0.717) is 22.3 Å². The third-order valence-electron chi connectivity index (χ3n) is 5.02. The Morgan fingerprint density at radius 2 is 1.94 bits per heavy atom. The average molecular weight is 452 g/mol. The smallest absolute Gasteiger partial charge is 0.262 e. The number of hydrogen-bond acceptors (Lipinski definition) is 7. The molecular weight excluding hydrogens is 426 g/mol. The molecule has 4 rings (SSSR count). The highest BCUT2D eigenvalue weighted by Crippen LogP contribution is 2.33. The number of hydrogen-bond donors (Lipinski definition) is 1. The molecule has 2 heterocycles. The zero-order valence-corrected chi connectivity index (χ0v) is 19.5. The second kappa shape index (κ2) is 8.96. The van der Waals surface area contributed by atoms with E-state index in [1.54, 1.807) is 17.7 Å². The Morgan fingerprint density at radius 1 is 1.12 bits per heavy atom. The van der Waals surface area contributed by atoms with Gasteiger partial charge in [0.1, 0.15) is 16.5 Å². The van der Waals surface area contributed by atoms with Crippen molar-refractivity contribution in [1.29, 1.82) is 0 Å². The molecule has 166 valence electrons. The van der Waals surface area contributed by atoms with Crippen molar-refractivity contribution >= 4 is 27.9 Å². The van der Waals surface area contributed by atoms with E-state index in [4.69, 9.17) is 9.47 Å². The summed E-state index contributed by atoms with van der Waals surface area (Å²) in [6.45, 7) is 7.94. The van der Waals surface area contributed by atoms with Crippen LogP contribution in [0.15, 0.2) is 36.4 Å². The number of carbonyl (C=O) groups excluding carboxylic acids is 1. The number of aromatic nitrogens is 4. The largest absolute Gasteiger partial charge is 0.495 e. The van der Waals surface area contributed by atoms with Crippen molar-refractivity contribution in [2.24, 2.45) is 0 Å². The van der Waals surface area contributed by atoms with Crippen molar-refractivity contribution in [2.45, 2.75) is 33.6 Å². The first-order valence-corrected chi connectivity index (χ1v) is 11.1. The highest BCUT2D eigenvalue weighted by molar-refractivity contribution is 7.19. The molecule has 0 aliphatic carbocycles. The number of nitrogens with one attached hydrogen (secondary N) is 1. The molecule has 2 aromatic carbocycles. The summed E-state index contributed by atoms with van der Waals surface area (Å²) in [5.41, 5.74) is 3.55. The molecule has 0 spiro atoms. The second-order valence-electron chi connectivity index (χ2n) is 7.80. The van der Waals surface area contributed by atoms with Crippen molar-refractivity contribution in [1.82, 2.24) is 19.8 Å². The summed E-state index contributed by atoms with van der Waals surface area (Å²) in [4.78, 5) is 13.4. The van der Waals surface area contributed by atoms with Gasteiger partial charge in [0.25, 0.3) is 5.91 Å². The van der Waals surface area contributed by atoms with E-state index < -0.39 is 0 Å². The molecule has 2 aromatic heterocycles. The van der Waals surface area contributed by atoms with E-state index in [9.17, 15) is 4.79 Å². The molecule has 9 heteroatoms. The maximum Gasteiger partial charge on any atom is 0.262 e. The average Bonchev–Trinajstić information content (AvgIpc) is 3.34. The van der Waals surface area contributed by atoms with Gasteiger partial charge in [-0.25, -0.2) is 0 Å². The Kier molecular flexibility index (Phi) is 6.09. The zero-order valence-electron chi connectivity index (χ0n) is 18.7. The van der Waals surface area contributed by atoms with Gasteiger partial charge >= 0.3 is 0 Å². The summed E-state index contributed by atoms with van der Waals surface area (Å²) in [7, 11) is 1.56. The van der Waals surface area contributed by atoms with Crippen molar-refractivity contribution < 1.29 is 14.3 Å². The van der Waals surface area contributed by atoms with E-state index in [1.807, 2.05) is 44.2 Å². The SMILES string of the molecule is COc1ccc(-c2nn3c(C)nnc3s2)cc1NC(=O)COc1cc(C)ccc1C(C)C. The molecule has 0 aliphatic rings. The summed E-state index contributed by atoms with van der Waals surface area (Å²) in [5, 5.41) is 16.3. The van der Waals surface area contributed by atoms with Gasteiger partial charge in [-0.1, -0.05) is 37.3 Å². The molecule has 1 N–H and O–H groups in total. The minimum Gasteiger partial charge on any atom is -0.495 e. The minimum absolute atomic E-state index is 0.105. The van der Waals surface area contributed by atoms with Crippen molar-refractivity contribution in [3.63, 3.8) is 0 Å². The standard InChI is InChI=1S/C23H25N5O3S/c1-13(2)17-8-6-14(3)10-20(17)31-12-21(29)24-18-11-16(7-9-19(18)30-5)22-27-28-15(4)25-26-23(28)32-22/h6-11,13H,12H2,1-5H3,(H,24,29). The lowest BCUT2D eigenvalue weighted by atomic mass is 10.0. The third-order valence-corrected chi connectivity index (χ3v) is 5.96. The van der Waals surface area contributed by atoms with E-state index >= 15 is 0 Å². The minimum atomic E-state index is -0.273. The first-order valence-electron chi connectivity index (χ1n) is 10.3. The van der Waals surface area contributed by atoms with E-state index in [-0.39, 0.29) is 12.5 Å².